The van der Waals surface area contributed by atoms with E-state index in [2.05, 4.69) is 25.8 Å². The zero-order valence-corrected chi connectivity index (χ0v) is 24.8. The van der Waals surface area contributed by atoms with Crippen molar-refractivity contribution in [3.8, 4) is 28.1 Å². The number of hydrogen-bond donors (Lipinski definition) is 2. The average molecular weight is 605 g/mol. The van der Waals surface area contributed by atoms with Crippen molar-refractivity contribution in [2.24, 2.45) is 0 Å². The van der Waals surface area contributed by atoms with Gasteiger partial charge in [-0.2, -0.15) is 13.2 Å². The number of halogens is 3. The minimum Gasteiger partial charge on any atom is -0.437 e. The summed E-state index contributed by atoms with van der Waals surface area (Å²) in [5.74, 6) is 0.130. The molecule has 2 aromatic carbocycles. The molecular formula is C32H31F3N6O3. The molecule has 0 spiro atoms. The molecule has 0 aliphatic rings. The van der Waals surface area contributed by atoms with Crippen molar-refractivity contribution < 1.29 is 27.2 Å². The van der Waals surface area contributed by atoms with Gasteiger partial charge >= 0.3 is 6.18 Å². The van der Waals surface area contributed by atoms with Crippen molar-refractivity contribution >= 4 is 22.9 Å². The predicted molar refractivity (Wildman–Crippen MR) is 160 cm³/mol. The molecule has 9 nitrogen and oxygen atoms in total. The van der Waals surface area contributed by atoms with Crippen LogP contribution in [0.2, 0.25) is 0 Å². The van der Waals surface area contributed by atoms with Gasteiger partial charge in [-0.25, -0.2) is 4.98 Å². The van der Waals surface area contributed by atoms with Gasteiger partial charge in [0.05, 0.1) is 16.6 Å². The van der Waals surface area contributed by atoms with Gasteiger partial charge in [0.25, 0.3) is 11.8 Å². The van der Waals surface area contributed by atoms with Gasteiger partial charge in [-0.05, 0) is 82.1 Å². The van der Waals surface area contributed by atoms with E-state index in [0.717, 1.165) is 5.69 Å². The van der Waals surface area contributed by atoms with Crippen LogP contribution < -0.4 is 10.6 Å². The molecule has 2 amide bonds. The summed E-state index contributed by atoms with van der Waals surface area (Å²) >= 11 is 0. The number of aryl methyl sites for hydroxylation is 2. The van der Waals surface area contributed by atoms with Gasteiger partial charge in [0.2, 0.25) is 5.71 Å². The molecule has 3 aromatic heterocycles. The second-order valence-electron chi connectivity index (χ2n) is 11.4. The first-order valence-corrected chi connectivity index (χ1v) is 13.9. The number of fused-ring (bicyclic) bond motifs is 1. The summed E-state index contributed by atoms with van der Waals surface area (Å²) in [7, 11) is 1.48. The summed E-state index contributed by atoms with van der Waals surface area (Å²) in [6, 6.07) is 15.4. The maximum Gasteiger partial charge on any atom is 0.389 e. The Kier molecular flexibility index (Phi) is 8.02. The number of hydrogen-bond acceptors (Lipinski definition) is 6. The van der Waals surface area contributed by atoms with E-state index < -0.39 is 30.5 Å². The van der Waals surface area contributed by atoms with Crippen LogP contribution in [0.1, 0.15) is 59.4 Å². The second-order valence-corrected chi connectivity index (χ2v) is 11.4. The Balaban J connectivity index is 1.67. The third-order valence-corrected chi connectivity index (χ3v) is 6.91. The monoisotopic (exact) mass is 604 g/mol. The maximum atomic E-state index is 13.4. The number of nitrogens with one attached hydrogen (secondary N) is 2. The molecule has 228 valence electrons. The highest BCUT2D eigenvalue weighted by Gasteiger charge is 2.29. The average Bonchev–Trinajstić information content (AvgIpc) is 3.57. The molecule has 0 saturated heterocycles. The molecule has 0 radical (unpaired) electrons. The molecular weight excluding hydrogens is 573 g/mol. The van der Waals surface area contributed by atoms with Crippen LogP contribution >= 0.6 is 0 Å². The van der Waals surface area contributed by atoms with Crippen molar-refractivity contribution in [2.75, 3.05) is 7.05 Å². The van der Waals surface area contributed by atoms with Crippen LogP contribution in [0.5, 0.6) is 0 Å². The van der Waals surface area contributed by atoms with Gasteiger partial charge < -0.3 is 15.1 Å². The Morgan fingerprint density at radius 2 is 1.70 bits per heavy atom. The highest BCUT2D eigenvalue weighted by atomic mass is 19.4. The van der Waals surface area contributed by atoms with Crippen molar-refractivity contribution in [1.82, 2.24) is 30.4 Å². The third-order valence-electron chi connectivity index (χ3n) is 6.91. The molecule has 2 N–H and O–H groups in total. The van der Waals surface area contributed by atoms with E-state index in [0.29, 0.717) is 33.5 Å². The van der Waals surface area contributed by atoms with Gasteiger partial charge in [-0.15, -0.1) is 10.2 Å². The van der Waals surface area contributed by atoms with E-state index in [1.54, 1.807) is 53.4 Å². The standard InChI is InChI=1S/C32H31F3N6O3/c1-18-40-37-17-41(18)22-11-9-19(10-12-22)27-26(29(43)36-5)24-16-23(25(38-30(24)44-27)13-14-32(33,34)35)20-7-6-8-21(15-20)28(42)39-31(2,3)4/h6-12,15-17H,13-14H2,1-5H3,(H,36,43)(H,39,42). The number of nitrogens with zero attached hydrogens (tertiary/aromatic N) is 4. The number of benzene rings is 2. The number of pyridine rings is 1. The Morgan fingerprint density at radius 3 is 2.32 bits per heavy atom. The molecule has 0 aliphatic heterocycles. The Labute approximate surface area is 251 Å². The first kappa shape index (κ1) is 30.5. The molecule has 0 saturated carbocycles. The minimum atomic E-state index is -4.42. The molecule has 5 aromatic rings. The van der Waals surface area contributed by atoms with E-state index in [9.17, 15) is 22.8 Å². The minimum absolute atomic E-state index is 0.0277. The molecule has 0 fully saturated rings. The topological polar surface area (TPSA) is 115 Å². The van der Waals surface area contributed by atoms with E-state index in [-0.39, 0.29) is 28.6 Å². The number of amides is 2. The van der Waals surface area contributed by atoms with E-state index in [1.807, 2.05) is 39.8 Å². The number of aromatic nitrogens is 4. The fourth-order valence-electron chi connectivity index (χ4n) is 4.87. The summed E-state index contributed by atoms with van der Waals surface area (Å²) in [6.07, 6.45) is -4.37. The molecule has 3 heterocycles. The molecule has 0 atom stereocenters. The van der Waals surface area contributed by atoms with Crippen LogP contribution in [0.3, 0.4) is 0 Å². The van der Waals surface area contributed by atoms with Crippen LogP contribution in [0.25, 0.3) is 39.2 Å². The lowest BCUT2D eigenvalue weighted by Gasteiger charge is -2.20. The van der Waals surface area contributed by atoms with Crippen molar-refractivity contribution in [2.45, 2.75) is 52.3 Å². The van der Waals surface area contributed by atoms with Crippen molar-refractivity contribution in [3.05, 3.63) is 83.6 Å². The first-order valence-electron chi connectivity index (χ1n) is 13.9. The highest BCUT2D eigenvalue weighted by molar-refractivity contribution is 6.11. The second kappa shape index (κ2) is 11.6. The van der Waals surface area contributed by atoms with Crippen LogP contribution in [0.15, 0.2) is 65.3 Å². The number of carbonyl (C=O) groups excluding carboxylic acids is 2. The van der Waals surface area contributed by atoms with Crippen LogP contribution in [0.4, 0.5) is 13.2 Å². The van der Waals surface area contributed by atoms with Crippen LogP contribution in [0, 0.1) is 6.92 Å². The van der Waals surface area contributed by atoms with Gasteiger partial charge in [0.1, 0.15) is 17.9 Å². The van der Waals surface area contributed by atoms with Crippen molar-refractivity contribution in [1.29, 1.82) is 0 Å². The molecule has 0 aliphatic carbocycles. The zero-order chi connectivity index (χ0) is 31.8. The lowest BCUT2D eigenvalue weighted by molar-refractivity contribution is -0.134. The van der Waals surface area contributed by atoms with Crippen LogP contribution in [-0.2, 0) is 6.42 Å². The maximum absolute atomic E-state index is 13.4. The summed E-state index contributed by atoms with van der Waals surface area (Å²) in [5, 5.41) is 13.7. The summed E-state index contributed by atoms with van der Waals surface area (Å²) in [5.41, 5.74) is 2.39. The third kappa shape index (κ3) is 6.48. The molecule has 5 rings (SSSR count). The summed E-state index contributed by atoms with van der Waals surface area (Å²) < 4.78 is 47.9. The number of carbonyl (C=O) groups is 2. The Hall–Kier alpha value is -5.00. The SMILES string of the molecule is CNC(=O)c1c(-c2ccc(-n3cnnc3C)cc2)oc2nc(CCC(F)(F)F)c(-c3cccc(C(=O)NC(C)(C)C)c3)cc12. The van der Waals surface area contributed by atoms with Gasteiger partial charge in [-0.1, -0.05) is 12.1 Å². The van der Waals surface area contributed by atoms with E-state index in [4.69, 9.17) is 4.42 Å². The quantitative estimate of drug-likeness (QED) is 0.221. The first-order chi connectivity index (χ1) is 20.7. The van der Waals surface area contributed by atoms with Crippen LogP contribution in [-0.4, -0.2) is 50.3 Å². The molecule has 44 heavy (non-hydrogen) atoms. The Bertz CT molecular complexity index is 1850. The Morgan fingerprint density at radius 1 is 0.977 bits per heavy atom. The lowest BCUT2D eigenvalue weighted by Crippen LogP contribution is -2.40. The number of alkyl halides is 3. The predicted octanol–water partition coefficient (Wildman–Crippen LogP) is 6.43. The zero-order valence-electron chi connectivity index (χ0n) is 24.8. The van der Waals surface area contributed by atoms with Gasteiger partial charge in [0.15, 0.2) is 0 Å². The largest absolute Gasteiger partial charge is 0.437 e. The summed E-state index contributed by atoms with van der Waals surface area (Å²) in [4.78, 5) is 30.6. The van der Waals surface area contributed by atoms with E-state index in [1.165, 1.54) is 7.05 Å². The lowest BCUT2D eigenvalue weighted by atomic mass is 9.96. The van der Waals surface area contributed by atoms with Gasteiger partial charge in [0, 0.05) is 41.4 Å². The highest BCUT2D eigenvalue weighted by Crippen LogP contribution is 2.38. The fraction of sp³-hybridized carbons (Fsp3) is 0.281. The molecule has 0 bridgehead atoms. The smallest absolute Gasteiger partial charge is 0.389 e. The molecule has 0 unspecified atom stereocenters. The molecule has 12 heteroatoms. The van der Waals surface area contributed by atoms with E-state index >= 15 is 0 Å². The summed E-state index contributed by atoms with van der Waals surface area (Å²) in [6.45, 7) is 7.36. The number of rotatable bonds is 7. The number of furan rings is 1. The normalized spacial score (nSPS) is 12.0. The van der Waals surface area contributed by atoms with Crippen molar-refractivity contribution in [3.63, 3.8) is 0 Å². The fourth-order valence-corrected chi connectivity index (χ4v) is 4.87. The van der Waals surface area contributed by atoms with Gasteiger partial charge in [-0.3, -0.25) is 14.2 Å².